The van der Waals surface area contributed by atoms with Crippen LogP contribution in [0.15, 0.2) is 35.5 Å². The molecular formula is C16H23N3O6S. The van der Waals surface area contributed by atoms with Crippen LogP contribution in [0.4, 0.5) is 4.79 Å². The van der Waals surface area contributed by atoms with E-state index >= 15 is 0 Å². The van der Waals surface area contributed by atoms with Crippen molar-refractivity contribution in [3.05, 3.63) is 35.9 Å². The fourth-order valence-corrected chi connectivity index (χ4v) is 3.07. The van der Waals surface area contributed by atoms with Crippen LogP contribution in [-0.2, 0) is 30.5 Å². The molecule has 1 heterocycles. The molecular weight excluding hydrogens is 362 g/mol. The van der Waals surface area contributed by atoms with E-state index in [0.29, 0.717) is 5.71 Å². The van der Waals surface area contributed by atoms with Crippen molar-refractivity contribution in [2.24, 2.45) is 16.3 Å². The highest BCUT2D eigenvalue weighted by Gasteiger charge is 2.47. The summed E-state index contributed by atoms with van der Waals surface area (Å²) < 4.78 is 32.9. The van der Waals surface area contributed by atoms with Crippen LogP contribution in [-0.4, -0.2) is 64.7 Å². The standard InChI is InChI=1S/C16H23N3O6S/c1-23-18-14-8-19(11-16(14,10-17)12-25-26(2,21)22)15(20)24-9-13-6-4-3-5-7-13/h3-7H,8-12,17H2,1-2H3/b18-14+. The van der Waals surface area contributed by atoms with E-state index in [0.717, 1.165) is 11.8 Å². The molecule has 1 unspecified atom stereocenters. The van der Waals surface area contributed by atoms with Crippen LogP contribution in [0.3, 0.4) is 0 Å². The fraction of sp³-hybridized carbons (Fsp3) is 0.500. The van der Waals surface area contributed by atoms with Gasteiger partial charge in [-0.3, -0.25) is 4.18 Å². The molecule has 1 aliphatic rings. The lowest BCUT2D eigenvalue weighted by Gasteiger charge is -2.26. The molecule has 0 radical (unpaired) electrons. The smallest absolute Gasteiger partial charge is 0.410 e. The molecule has 1 fully saturated rings. The van der Waals surface area contributed by atoms with Crippen LogP contribution in [0.25, 0.3) is 0 Å². The summed E-state index contributed by atoms with van der Waals surface area (Å²) in [5, 5.41) is 3.91. The van der Waals surface area contributed by atoms with Gasteiger partial charge in [-0.15, -0.1) is 0 Å². The Bertz CT molecular complexity index is 753. The number of likely N-dealkylation sites (tertiary alicyclic amines) is 1. The molecule has 2 rings (SSSR count). The Kier molecular flexibility index (Phi) is 6.57. The minimum absolute atomic E-state index is 0.0349. The van der Waals surface area contributed by atoms with Crippen LogP contribution in [0.5, 0.6) is 0 Å². The second kappa shape index (κ2) is 8.47. The number of oxime groups is 1. The van der Waals surface area contributed by atoms with Crippen molar-refractivity contribution in [3.8, 4) is 0 Å². The predicted octanol–water partition coefficient (Wildman–Crippen LogP) is 0.563. The number of amides is 1. The van der Waals surface area contributed by atoms with Gasteiger partial charge in [0.05, 0.1) is 30.5 Å². The van der Waals surface area contributed by atoms with E-state index in [-0.39, 0.29) is 32.8 Å². The lowest BCUT2D eigenvalue weighted by atomic mass is 9.86. The molecule has 0 spiro atoms. The molecule has 1 aromatic carbocycles. The van der Waals surface area contributed by atoms with Gasteiger partial charge in [0.25, 0.3) is 10.1 Å². The molecule has 0 saturated carbocycles. The maximum Gasteiger partial charge on any atom is 0.410 e. The van der Waals surface area contributed by atoms with Gasteiger partial charge in [-0.2, -0.15) is 8.42 Å². The number of hydrogen-bond donors (Lipinski definition) is 1. The first-order chi connectivity index (χ1) is 12.3. The molecule has 1 aliphatic heterocycles. The Morgan fingerprint density at radius 1 is 1.35 bits per heavy atom. The second-order valence-electron chi connectivity index (χ2n) is 6.07. The third kappa shape index (κ3) is 5.16. The van der Waals surface area contributed by atoms with Crippen molar-refractivity contribution in [1.82, 2.24) is 4.90 Å². The van der Waals surface area contributed by atoms with E-state index in [1.165, 1.54) is 12.0 Å². The van der Waals surface area contributed by atoms with Crippen molar-refractivity contribution in [3.63, 3.8) is 0 Å². The minimum Gasteiger partial charge on any atom is -0.445 e. The Balaban J connectivity index is 2.09. The zero-order valence-electron chi connectivity index (χ0n) is 14.8. The van der Waals surface area contributed by atoms with Crippen molar-refractivity contribution < 1.29 is 27.0 Å². The van der Waals surface area contributed by atoms with Gasteiger partial charge in [0, 0.05) is 13.1 Å². The Morgan fingerprint density at radius 2 is 2.04 bits per heavy atom. The van der Waals surface area contributed by atoms with Gasteiger partial charge in [-0.25, -0.2) is 4.79 Å². The van der Waals surface area contributed by atoms with E-state index in [4.69, 9.17) is 19.5 Å². The third-order valence-corrected chi connectivity index (χ3v) is 4.60. The third-order valence-electron chi connectivity index (χ3n) is 4.05. The van der Waals surface area contributed by atoms with E-state index in [1.807, 2.05) is 30.3 Å². The predicted molar refractivity (Wildman–Crippen MR) is 94.9 cm³/mol. The molecule has 26 heavy (non-hydrogen) atoms. The summed E-state index contributed by atoms with van der Waals surface area (Å²) in [6.07, 6.45) is 0.401. The molecule has 2 N–H and O–H groups in total. The highest BCUT2D eigenvalue weighted by atomic mass is 32.2. The van der Waals surface area contributed by atoms with E-state index < -0.39 is 21.6 Å². The number of carbonyl (C=O) groups excluding carboxylic acids is 1. The van der Waals surface area contributed by atoms with Gasteiger partial charge in [0.15, 0.2) is 0 Å². The average Bonchev–Trinajstić information content (AvgIpc) is 2.98. The van der Waals surface area contributed by atoms with Gasteiger partial charge in [-0.05, 0) is 5.56 Å². The highest BCUT2D eigenvalue weighted by molar-refractivity contribution is 7.85. The molecule has 144 valence electrons. The van der Waals surface area contributed by atoms with Crippen LogP contribution in [0.1, 0.15) is 5.56 Å². The van der Waals surface area contributed by atoms with Crippen molar-refractivity contribution >= 4 is 21.9 Å². The molecule has 1 aromatic rings. The van der Waals surface area contributed by atoms with Crippen LogP contribution in [0.2, 0.25) is 0 Å². The number of nitrogens with two attached hydrogens (primary N) is 1. The fourth-order valence-electron chi connectivity index (χ4n) is 2.63. The van der Waals surface area contributed by atoms with Crippen molar-refractivity contribution in [2.45, 2.75) is 6.61 Å². The van der Waals surface area contributed by atoms with E-state index in [9.17, 15) is 13.2 Å². The van der Waals surface area contributed by atoms with Crippen LogP contribution in [0, 0.1) is 5.41 Å². The van der Waals surface area contributed by atoms with Gasteiger partial charge >= 0.3 is 6.09 Å². The maximum absolute atomic E-state index is 12.4. The molecule has 9 nitrogen and oxygen atoms in total. The monoisotopic (exact) mass is 385 g/mol. The maximum atomic E-state index is 12.4. The second-order valence-corrected chi connectivity index (χ2v) is 7.71. The van der Waals surface area contributed by atoms with Crippen molar-refractivity contribution in [2.75, 3.05) is 39.6 Å². The van der Waals surface area contributed by atoms with E-state index in [1.54, 1.807) is 0 Å². The molecule has 1 saturated heterocycles. The number of nitrogens with zero attached hydrogens (tertiary/aromatic N) is 2. The van der Waals surface area contributed by atoms with Gasteiger partial charge in [0.1, 0.15) is 13.7 Å². The molecule has 0 aromatic heterocycles. The largest absolute Gasteiger partial charge is 0.445 e. The lowest BCUT2D eigenvalue weighted by molar-refractivity contribution is 0.0958. The molecule has 1 amide bonds. The summed E-state index contributed by atoms with van der Waals surface area (Å²) in [4.78, 5) is 18.6. The number of rotatable bonds is 7. The molecule has 1 atom stereocenters. The lowest BCUT2D eigenvalue weighted by Crippen LogP contribution is -2.44. The van der Waals surface area contributed by atoms with Crippen LogP contribution >= 0.6 is 0 Å². The molecule has 10 heteroatoms. The first-order valence-electron chi connectivity index (χ1n) is 7.90. The van der Waals surface area contributed by atoms with Gasteiger partial charge < -0.3 is 20.2 Å². The first kappa shape index (κ1) is 20.1. The normalized spacial score (nSPS) is 21.8. The summed E-state index contributed by atoms with van der Waals surface area (Å²) in [6.45, 7) is 0.170. The number of carbonyl (C=O) groups is 1. The van der Waals surface area contributed by atoms with E-state index in [2.05, 4.69) is 5.16 Å². The Labute approximate surface area is 152 Å². The highest BCUT2D eigenvalue weighted by Crippen LogP contribution is 2.29. The minimum atomic E-state index is -3.67. The summed E-state index contributed by atoms with van der Waals surface area (Å²) >= 11 is 0. The summed E-state index contributed by atoms with van der Waals surface area (Å²) in [5.74, 6) is 0. The van der Waals surface area contributed by atoms with Crippen molar-refractivity contribution in [1.29, 1.82) is 0 Å². The Hall–Kier alpha value is -2.17. The topological polar surface area (TPSA) is 121 Å². The molecule has 0 aliphatic carbocycles. The molecule has 0 bridgehead atoms. The quantitative estimate of drug-likeness (QED) is 0.538. The summed E-state index contributed by atoms with van der Waals surface area (Å²) in [7, 11) is -2.31. The zero-order valence-corrected chi connectivity index (χ0v) is 15.6. The average molecular weight is 385 g/mol. The number of hydrogen-bond acceptors (Lipinski definition) is 8. The van der Waals surface area contributed by atoms with Crippen LogP contribution < -0.4 is 5.73 Å². The number of benzene rings is 1. The zero-order chi connectivity index (χ0) is 19.2. The Morgan fingerprint density at radius 3 is 2.62 bits per heavy atom. The first-order valence-corrected chi connectivity index (χ1v) is 9.72. The summed E-state index contributed by atoms with van der Waals surface area (Å²) in [6, 6.07) is 9.27. The van der Waals surface area contributed by atoms with Gasteiger partial charge in [0.2, 0.25) is 0 Å². The number of ether oxygens (including phenoxy) is 1. The summed E-state index contributed by atoms with van der Waals surface area (Å²) in [5.41, 5.74) is 6.19. The SMILES string of the molecule is CO/N=C1\CN(C(=O)OCc2ccccc2)CC1(CN)COS(C)(=O)=O. The van der Waals surface area contributed by atoms with Gasteiger partial charge in [-0.1, -0.05) is 35.5 Å².